The number of likely N-dealkylation sites (tertiary alicyclic amines) is 1. The molecule has 2 heterocycles. The zero-order chi connectivity index (χ0) is 12.5. The van der Waals surface area contributed by atoms with Crippen molar-refractivity contribution < 1.29 is 14.2 Å². The van der Waals surface area contributed by atoms with Gasteiger partial charge in [-0.2, -0.15) is 0 Å². The molecular formula is C12H24N2O3. The van der Waals surface area contributed by atoms with Crippen LogP contribution in [0.3, 0.4) is 0 Å². The fourth-order valence-electron chi connectivity index (χ4n) is 3.01. The Morgan fingerprint density at radius 2 is 1.82 bits per heavy atom. The van der Waals surface area contributed by atoms with Crippen LogP contribution in [0.1, 0.15) is 19.8 Å². The van der Waals surface area contributed by atoms with Crippen LogP contribution in [-0.2, 0) is 14.2 Å². The van der Waals surface area contributed by atoms with E-state index in [-0.39, 0.29) is 11.8 Å². The van der Waals surface area contributed by atoms with Crippen LogP contribution in [0.2, 0.25) is 0 Å². The number of ether oxygens (including phenoxy) is 3. The van der Waals surface area contributed by atoms with Crippen molar-refractivity contribution in [3.05, 3.63) is 0 Å². The lowest BCUT2D eigenvalue weighted by atomic mass is 9.97. The lowest BCUT2D eigenvalue weighted by Crippen LogP contribution is -2.64. The summed E-state index contributed by atoms with van der Waals surface area (Å²) in [6, 6.07) is 0. The van der Waals surface area contributed by atoms with E-state index in [1.54, 1.807) is 14.2 Å². The van der Waals surface area contributed by atoms with Crippen LogP contribution in [0.25, 0.3) is 0 Å². The molecule has 2 bridgehead atoms. The molecule has 2 aliphatic rings. The van der Waals surface area contributed by atoms with E-state index in [1.165, 1.54) is 0 Å². The van der Waals surface area contributed by atoms with Gasteiger partial charge in [-0.3, -0.25) is 4.90 Å². The summed E-state index contributed by atoms with van der Waals surface area (Å²) in [5.41, 5.74) is 5.68. The van der Waals surface area contributed by atoms with E-state index in [2.05, 4.69) is 11.8 Å². The number of rotatable bonds is 5. The van der Waals surface area contributed by atoms with Crippen molar-refractivity contribution in [3.63, 3.8) is 0 Å². The number of fused-ring (bicyclic) bond motifs is 2. The second-order valence-electron chi connectivity index (χ2n) is 5.23. The standard InChI is InChI=1S/C12H24N2O3/c1-12(8-13,11(15-2)16-3)14-6-9-4-5-10(7-14)17-9/h9-11H,4-8,13H2,1-3H3. The van der Waals surface area contributed by atoms with Gasteiger partial charge in [0.1, 0.15) is 0 Å². The first-order chi connectivity index (χ1) is 8.13. The van der Waals surface area contributed by atoms with E-state index in [0.29, 0.717) is 18.8 Å². The third kappa shape index (κ3) is 2.35. The first kappa shape index (κ1) is 13.2. The Labute approximate surface area is 103 Å². The smallest absolute Gasteiger partial charge is 0.176 e. The molecule has 100 valence electrons. The second kappa shape index (κ2) is 5.20. The highest BCUT2D eigenvalue weighted by molar-refractivity contribution is 4.97. The van der Waals surface area contributed by atoms with Gasteiger partial charge in [0, 0.05) is 33.9 Å². The van der Waals surface area contributed by atoms with Gasteiger partial charge < -0.3 is 19.9 Å². The van der Waals surface area contributed by atoms with Gasteiger partial charge in [-0.1, -0.05) is 0 Å². The summed E-state index contributed by atoms with van der Waals surface area (Å²) in [5.74, 6) is 0. The molecule has 2 N–H and O–H groups in total. The highest BCUT2D eigenvalue weighted by Gasteiger charge is 2.45. The molecule has 5 heteroatoms. The van der Waals surface area contributed by atoms with E-state index in [9.17, 15) is 0 Å². The molecule has 0 aromatic rings. The highest BCUT2D eigenvalue weighted by Crippen LogP contribution is 2.32. The molecule has 5 nitrogen and oxygen atoms in total. The Morgan fingerprint density at radius 1 is 1.29 bits per heavy atom. The minimum absolute atomic E-state index is 0.284. The third-order valence-electron chi connectivity index (χ3n) is 4.12. The van der Waals surface area contributed by atoms with Gasteiger partial charge in [0.05, 0.1) is 17.7 Å². The van der Waals surface area contributed by atoms with E-state index in [4.69, 9.17) is 19.9 Å². The van der Waals surface area contributed by atoms with E-state index in [1.807, 2.05) is 0 Å². The van der Waals surface area contributed by atoms with Gasteiger partial charge in [-0.15, -0.1) is 0 Å². The van der Waals surface area contributed by atoms with E-state index in [0.717, 1.165) is 25.9 Å². The summed E-state index contributed by atoms with van der Waals surface area (Å²) >= 11 is 0. The van der Waals surface area contributed by atoms with Gasteiger partial charge in [0.2, 0.25) is 0 Å². The maximum atomic E-state index is 5.96. The second-order valence-corrected chi connectivity index (χ2v) is 5.23. The quantitative estimate of drug-likeness (QED) is 0.699. The van der Waals surface area contributed by atoms with Gasteiger partial charge >= 0.3 is 0 Å². The van der Waals surface area contributed by atoms with E-state index < -0.39 is 0 Å². The number of methoxy groups -OCH3 is 2. The predicted molar refractivity (Wildman–Crippen MR) is 64.7 cm³/mol. The van der Waals surface area contributed by atoms with Crippen molar-refractivity contribution in [1.29, 1.82) is 0 Å². The Hall–Kier alpha value is -0.200. The summed E-state index contributed by atoms with van der Waals surface area (Å²) in [7, 11) is 3.33. The van der Waals surface area contributed by atoms with Crippen molar-refractivity contribution in [3.8, 4) is 0 Å². The fourth-order valence-corrected chi connectivity index (χ4v) is 3.01. The van der Waals surface area contributed by atoms with Crippen molar-refractivity contribution in [2.45, 2.75) is 43.8 Å². The monoisotopic (exact) mass is 244 g/mol. The molecule has 2 fully saturated rings. The minimum Gasteiger partial charge on any atom is -0.372 e. The summed E-state index contributed by atoms with van der Waals surface area (Å²) in [6.45, 7) is 4.47. The molecule has 0 amide bonds. The average molecular weight is 244 g/mol. The number of hydrogen-bond acceptors (Lipinski definition) is 5. The third-order valence-corrected chi connectivity index (χ3v) is 4.12. The van der Waals surface area contributed by atoms with Crippen LogP contribution < -0.4 is 5.73 Å². The maximum absolute atomic E-state index is 5.96. The molecular weight excluding hydrogens is 220 g/mol. The molecule has 2 saturated heterocycles. The predicted octanol–water partition coefficient (Wildman–Crippen LogP) is 0.186. The van der Waals surface area contributed by atoms with Crippen LogP contribution in [0.4, 0.5) is 0 Å². The number of nitrogens with two attached hydrogens (primary N) is 1. The number of morpholine rings is 1. The van der Waals surface area contributed by atoms with Gasteiger partial charge in [0.15, 0.2) is 6.29 Å². The zero-order valence-corrected chi connectivity index (χ0v) is 11.0. The fraction of sp³-hybridized carbons (Fsp3) is 1.00. The first-order valence-corrected chi connectivity index (χ1v) is 6.30. The zero-order valence-electron chi connectivity index (χ0n) is 11.0. The average Bonchev–Trinajstić information content (AvgIpc) is 2.69. The first-order valence-electron chi connectivity index (χ1n) is 6.30. The van der Waals surface area contributed by atoms with Crippen LogP contribution in [0.5, 0.6) is 0 Å². The summed E-state index contributed by atoms with van der Waals surface area (Å²) < 4.78 is 16.7. The number of nitrogens with zero attached hydrogens (tertiary/aromatic N) is 1. The Morgan fingerprint density at radius 3 is 2.24 bits per heavy atom. The topological polar surface area (TPSA) is 57.0 Å². The molecule has 3 unspecified atom stereocenters. The molecule has 0 aromatic heterocycles. The Kier molecular flexibility index (Phi) is 4.05. The molecule has 3 atom stereocenters. The molecule has 0 saturated carbocycles. The van der Waals surface area contributed by atoms with Gasteiger partial charge in [-0.25, -0.2) is 0 Å². The maximum Gasteiger partial charge on any atom is 0.176 e. The minimum atomic E-state index is -0.301. The molecule has 0 spiro atoms. The van der Waals surface area contributed by atoms with Crippen LogP contribution in [0, 0.1) is 0 Å². The normalized spacial score (nSPS) is 33.0. The molecule has 17 heavy (non-hydrogen) atoms. The molecule has 0 radical (unpaired) electrons. The SMILES string of the molecule is COC(OC)C(C)(CN)N1CC2CCC(C1)O2. The Balaban J connectivity index is 2.11. The summed E-state index contributed by atoms with van der Waals surface area (Å²) in [6.07, 6.45) is 2.73. The van der Waals surface area contributed by atoms with E-state index >= 15 is 0 Å². The van der Waals surface area contributed by atoms with Gasteiger partial charge in [-0.05, 0) is 19.8 Å². The van der Waals surface area contributed by atoms with Crippen molar-refractivity contribution >= 4 is 0 Å². The van der Waals surface area contributed by atoms with Crippen LogP contribution in [-0.4, -0.2) is 62.8 Å². The molecule has 0 aliphatic carbocycles. The highest BCUT2D eigenvalue weighted by atomic mass is 16.7. The molecule has 0 aromatic carbocycles. The Bertz CT molecular complexity index is 248. The van der Waals surface area contributed by atoms with Crippen molar-refractivity contribution in [2.75, 3.05) is 33.9 Å². The van der Waals surface area contributed by atoms with Crippen LogP contribution >= 0.6 is 0 Å². The largest absolute Gasteiger partial charge is 0.372 e. The lowest BCUT2D eigenvalue weighted by Gasteiger charge is -2.47. The number of hydrogen-bond donors (Lipinski definition) is 1. The molecule has 2 rings (SSSR count). The van der Waals surface area contributed by atoms with Gasteiger partial charge in [0.25, 0.3) is 0 Å². The molecule has 2 aliphatic heterocycles. The van der Waals surface area contributed by atoms with Crippen molar-refractivity contribution in [1.82, 2.24) is 4.90 Å². The lowest BCUT2D eigenvalue weighted by molar-refractivity contribution is -0.198. The van der Waals surface area contributed by atoms with Crippen molar-refractivity contribution in [2.24, 2.45) is 5.73 Å². The summed E-state index contributed by atoms with van der Waals surface area (Å²) in [4.78, 5) is 2.37. The van der Waals surface area contributed by atoms with Crippen LogP contribution in [0.15, 0.2) is 0 Å². The summed E-state index contributed by atoms with van der Waals surface area (Å²) in [5, 5.41) is 0.